The molecule has 1 aliphatic heterocycles. The number of nitrogens with zero attached hydrogens (tertiary/aromatic N) is 3. The second kappa shape index (κ2) is 10.2. The monoisotopic (exact) mass is 545 g/mol. The summed E-state index contributed by atoms with van der Waals surface area (Å²) in [5, 5.41) is 1.25. The van der Waals surface area contributed by atoms with E-state index in [0.29, 0.717) is 18.7 Å². The normalized spacial score (nSPS) is 16.9. The lowest BCUT2D eigenvalue weighted by molar-refractivity contribution is 0.329. The van der Waals surface area contributed by atoms with Gasteiger partial charge in [-0.15, -0.1) is 0 Å². The van der Waals surface area contributed by atoms with E-state index in [0.717, 1.165) is 48.2 Å². The summed E-state index contributed by atoms with van der Waals surface area (Å²) in [6.07, 6.45) is 6.17. The zero-order valence-corrected chi connectivity index (χ0v) is 23.8. The van der Waals surface area contributed by atoms with Crippen molar-refractivity contribution in [2.45, 2.75) is 53.9 Å². The molecule has 0 aliphatic carbocycles. The van der Waals surface area contributed by atoms with Crippen LogP contribution < -0.4 is 4.90 Å². The van der Waals surface area contributed by atoms with Gasteiger partial charge in [-0.3, -0.25) is 4.57 Å². The quantitative estimate of drug-likeness (QED) is 0.287. The highest BCUT2D eigenvalue weighted by atomic mass is 79.9. The molecule has 0 N–H and O–H groups in total. The molecule has 0 radical (unpaired) electrons. The Morgan fingerprint density at radius 1 is 1.09 bits per heavy atom. The van der Waals surface area contributed by atoms with Crippen molar-refractivity contribution in [1.29, 1.82) is 0 Å². The lowest BCUT2D eigenvalue weighted by atomic mass is 9.93. The molecule has 1 aromatic carbocycles. The Labute approximate surface area is 212 Å². The molecule has 1 atom stereocenters. The van der Waals surface area contributed by atoms with E-state index in [9.17, 15) is 4.57 Å². The number of anilines is 1. The summed E-state index contributed by atoms with van der Waals surface area (Å²) in [6, 6.07) is 6.59. The van der Waals surface area contributed by atoms with Crippen molar-refractivity contribution < 1.29 is 9.09 Å². The van der Waals surface area contributed by atoms with Crippen molar-refractivity contribution in [2.75, 3.05) is 37.4 Å². The summed E-state index contributed by atoms with van der Waals surface area (Å²) in [7, 11) is -2.44. The van der Waals surface area contributed by atoms with Crippen LogP contribution in [0.5, 0.6) is 0 Å². The number of rotatable bonds is 7. The van der Waals surface area contributed by atoms with Gasteiger partial charge in [-0.2, -0.15) is 0 Å². The summed E-state index contributed by atoms with van der Waals surface area (Å²) in [4.78, 5) is 7.53. The van der Waals surface area contributed by atoms with Crippen molar-refractivity contribution in [3.63, 3.8) is 0 Å². The Bertz CT molecular complexity index is 1220. The molecule has 5 nitrogen and oxygen atoms in total. The summed E-state index contributed by atoms with van der Waals surface area (Å²) < 4.78 is 21.4. The Kier molecular flexibility index (Phi) is 7.61. The van der Waals surface area contributed by atoms with Crippen molar-refractivity contribution in [1.82, 2.24) is 9.55 Å². The number of aromatic nitrogens is 2. The van der Waals surface area contributed by atoms with Gasteiger partial charge in [-0.25, -0.2) is 4.98 Å². The molecule has 1 fully saturated rings. The minimum atomic E-state index is -2.44. The van der Waals surface area contributed by atoms with Crippen LogP contribution >= 0.6 is 23.3 Å². The Balaban J connectivity index is 1.61. The van der Waals surface area contributed by atoms with E-state index in [1.165, 1.54) is 33.5 Å². The van der Waals surface area contributed by atoms with Gasteiger partial charge < -0.3 is 14.0 Å². The average molecular weight is 546 g/mol. The van der Waals surface area contributed by atoms with Crippen molar-refractivity contribution in [3.8, 4) is 5.69 Å². The number of hydrogen-bond donors (Lipinski definition) is 0. The van der Waals surface area contributed by atoms with E-state index in [1.54, 1.807) is 6.66 Å². The highest BCUT2D eigenvalue weighted by Gasteiger charge is 2.25. The first-order chi connectivity index (χ1) is 16.1. The fraction of sp³-hybridized carbons (Fsp3) is 0.519. The van der Waals surface area contributed by atoms with Gasteiger partial charge in [0.25, 0.3) is 0 Å². The predicted octanol–water partition coefficient (Wildman–Crippen LogP) is 7.57. The fourth-order valence-corrected chi connectivity index (χ4v) is 7.63. The Morgan fingerprint density at radius 2 is 1.74 bits per heavy atom. The molecule has 184 valence electrons. The number of aryl methyl sites for hydroxylation is 4. The third-order valence-corrected chi connectivity index (χ3v) is 9.38. The topological polar surface area (TPSA) is 47.4 Å². The van der Waals surface area contributed by atoms with E-state index in [1.807, 2.05) is 6.92 Å². The molecule has 4 rings (SSSR count). The molecule has 7 heteroatoms. The van der Waals surface area contributed by atoms with Crippen molar-refractivity contribution in [2.24, 2.45) is 5.92 Å². The number of piperidine rings is 1. The van der Waals surface area contributed by atoms with Crippen LogP contribution in [0.1, 0.15) is 48.6 Å². The SMILES string of the molecule is CCOP(C)(=O)CCC1CCN(c2cc(C)nc3c2c(C)cn3-c2c(C)cc(Br)cc2C)CC1. The van der Waals surface area contributed by atoms with Gasteiger partial charge >= 0.3 is 0 Å². The number of pyridine rings is 1. The molecule has 1 unspecified atom stereocenters. The van der Waals surface area contributed by atoms with E-state index in [4.69, 9.17) is 9.51 Å². The van der Waals surface area contributed by atoms with Crippen LogP contribution in [0.15, 0.2) is 28.9 Å². The molecule has 1 aliphatic rings. The molecule has 1 saturated heterocycles. The first-order valence-corrected chi connectivity index (χ1v) is 15.4. The molecule has 3 heterocycles. The molecule has 2 aromatic heterocycles. The van der Waals surface area contributed by atoms with Crippen LogP contribution in [0, 0.1) is 33.6 Å². The molecule has 0 amide bonds. The largest absolute Gasteiger partial charge is 0.371 e. The number of hydrogen-bond acceptors (Lipinski definition) is 4. The van der Waals surface area contributed by atoms with Gasteiger partial charge in [0.2, 0.25) is 0 Å². The van der Waals surface area contributed by atoms with Crippen LogP contribution in [-0.2, 0) is 9.09 Å². The maximum Gasteiger partial charge on any atom is 0.200 e. The van der Waals surface area contributed by atoms with Crippen LogP contribution in [-0.4, -0.2) is 42.1 Å². The second-order valence-corrected chi connectivity index (χ2v) is 13.6. The summed E-state index contributed by atoms with van der Waals surface area (Å²) >= 11 is 3.63. The fourth-order valence-electron chi connectivity index (χ4n) is 5.43. The van der Waals surface area contributed by atoms with E-state index >= 15 is 0 Å². The zero-order valence-electron chi connectivity index (χ0n) is 21.3. The van der Waals surface area contributed by atoms with Crippen LogP contribution in [0.2, 0.25) is 0 Å². The van der Waals surface area contributed by atoms with Gasteiger partial charge in [0.1, 0.15) is 5.65 Å². The van der Waals surface area contributed by atoms with Crippen molar-refractivity contribution in [3.05, 3.63) is 51.3 Å². The molecular formula is C27H37BrN3O2P. The molecule has 0 spiro atoms. The van der Waals surface area contributed by atoms with Crippen LogP contribution in [0.25, 0.3) is 16.7 Å². The molecule has 3 aromatic rings. The van der Waals surface area contributed by atoms with Gasteiger partial charge in [0.15, 0.2) is 7.37 Å². The van der Waals surface area contributed by atoms with Crippen molar-refractivity contribution >= 4 is 40.0 Å². The first-order valence-electron chi connectivity index (χ1n) is 12.3. The van der Waals surface area contributed by atoms with Gasteiger partial charge in [-0.1, -0.05) is 15.9 Å². The summed E-state index contributed by atoms with van der Waals surface area (Å²) in [5.41, 5.74) is 8.30. The average Bonchev–Trinajstić information content (AvgIpc) is 3.07. The zero-order chi connectivity index (χ0) is 24.6. The molecule has 0 saturated carbocycles. The molecular weight excluding hydrogens is 509 g/mol. The maximum atomic E-state index is 12.5. The van der Waals surface area contributed by atoms with Crippen LogP contribution in [0.3, 0.4) is 0 Å². The summed E-state index contributed by atoms with van der Waals surface area (Å²) in [6.45, 7) is 14.9. The highest BCUT2D eigenvalue weighted by molar-refractivity contribution is 9.10. The summed E-state index contributed by atoms with van der Waals surface area (Å²) in [5.74, 6) is 0.613. The third kappa shape index (κ3) is 5.29. The predicted molar refractivity (Wildman–Crippen MR) is 147 cm³/mol. The van der Waals surface area contributed by atoms with E-state index < -0.39 is 7.37 Å². The Morgan fingerprint density at radius 3 is 2.35 bits per heavy atom. The smallest absolute Gasteiger partial charge is 0.200 e. The third-order valence-electron chi connectivity index (χ3n) is 7.05. The first kappa shape index (κ1) is 25.5. The van der Waals surface area contributed by atoms with Crippen LogP contribution in [0.4, 0.5) is 5.69 Å². The van der Waals surface area contributed by atoms with Gasteiger partial charge in [0.05, 0.1) is 12.3 Å². The Hall–Kier alpha value is -1.62. The lowest BCUT2D eigenvalue weighted by Crippen LogP contribution is -2.34. The molecule has 0 bridgehead atoms. The standard InChI is InChI=1S/C27H37BrN3O2P/c1-7-33-34(6,32)13-10-22-8-11-30(12-9-22)24-16-21(5)29-27-25(24)20(4)17-31(27)26-18(2)14-23(28)15-19(26)3/h14-17,22H,7-13H2,1-6H3. The van der Waals surface area contributed by atoms with Gasteiger partial charge in [-0.05, 0) is 94.7 Å². The highest BCUT2D eigenvalue weighted by Crippen LogP contribution is 2.45. The van der Waals surface area contributed by atoms with E-state index in [2.05, 4.69) is 77.5 Å². The lowest BCUT2D eigenvalue weighted by Gasteiger charge is -2.34. The van der Waals surface area contributed by atoms with Gasteiger partial charge in [0, 0.05) is 53.4 Å². The molecule has 34 heavy (non-hydrogen) atoms. The maximum absolute atomic E-state index is 12.5. The van der Waals surface area contributed by atoms with E-state index in [-0.39, 0.29) is 0 Å². The minimum Gasteiger partial charge on any atom is -0.371 e. The minimum absolute atomic E-state index is 0.530. The number of fused-ring (bicyclic) bond motifs is 1. The number of halogens is 1. The number of benzene rings is 1. The second-order valence-electron chi connectivity index (χ2n) is 9.93.